The van der Waals surface area contributed by atoms with Crippen LogP contribution in [0, 0.1) is 11.3 Å². The molecule has 1 saturated heterocycles. The van der Waals surface area contributed by atoms with Crippen LogP contribution in [0.5, 0.6) is 0 Å². The lowest BCUT2D eigenvalue weighted by Crippen LogP contribution is -3.14. The van der Waals surface area contributed by atoms with Gasteiger partial charge in [-0.25, -0.2) is 18.4 Å². The van der Waals surface area contributed by atoms with Gasteiger partial charge in [0.1, 0.15) is 5.69 Å². The molecule has 1 aromatic heterocycles. The molecule has 8 heteroatoms. The molecule has 0 bridgehead atoms. The van der Waals surface area contributed by atoms with Crippen molar-refractivity contribution in [2.75, 3.05) is 37.6 Å². The third-order valence-electron chi connectivity index (χ3n) is 5.60. The Bertz CT molecular complexity index is 1180. The summed E-state index contributed by atoms with van der Waals surface area (Å²) in [5, 5.41) is 8.50. The number of rotatable bonds is 5. The minimum Gasteiger partial charge on any atom is -0.344 e. The number of fused-ring (bicyclic) bond motifs is 1. The lowest BCUT2D eigenvalue weighted by Gasteiger charge is -2.33. The summed E-state index contributed by atoms with van der Waals surface area (Å²) in [5.41, 5.74) is 1.48. The van der Waals surface area contributed by atoms with Gasteiger partial charge in [-0.1, -0.05) is 30.3 Å². The minimum absolute atomic E-state index is 0.109. The van der Waals surface area contributed by atoms with Crippen molar-refractivity contribution in [1.82, 2.24) is 9.97 Å². The van der Waals surface area contributed by atoms with Crippen molar-refractivity contribution in [2.24, 2.45) is 0 Å². The number of hydrogen-bond acceptors (Lipinski definition) is 6. The zero-order chi connectivity index (χ0) is 21.1. The average Bonchev–Trinajstić information content (AvgIpc) is 2.79. The molecule has 1 aliphatic rings. The second-order valence-corrected chi connectivity index (χ2v) is 9.41. The Balaban J connectivity index is 1.85. The SMILES string of the molecule is CC[NH+]1CCN(c2nc3ccccc3nc2[C@H](C#N)S(=O)(=O)c2ccccc2)CC1. The molecule has 0 amide bonds. The van der Waals surface area contributed by atoms with E-state index in [0.717, 1.165) is 32.7 Å². The van der Waals surface area contributed by atoms with E-state index in [1.165, 1.54) is 17.0 Å². The van der Waals surface area contributed by atoms with Gasteiger partial charge in [0.2, 0.25) is 9.84 Å². The highest BCUT2D eigenvalue weighted by molar-refractivity contribution is 7.92. The molecule has 0 spiro atoms. The molecular formula is C22H24N5O2S+. The van der Waals surface area contributed by atoms with Crippen molar-refractivity contribution in [2.45, 2.75) is 17.1 Å². The lowest BCUT2D eigenvalue weighted by molar-refractivity contribution is -0.898. The largest absolute Gasteiger partial charge is 0.344 e. The van der Waals surface area contributed by atoms with E-state index >= 15 is 0 Å². The Morgan fingerprint density at radius 2 is 1.63 bits per heavy atom. The Hall–Kier alpha value is -3.02. The molecule has 3 aromatic rings. The van der Waals surface area contributed by atoms with E-state index in [2.05, 4.69) is 16.8 Å². The van der Waals surface area contributed by atoms with Crippen LogP contribution >= 0.6 is 0 Å². The number of quaternary nitrogens is 1. The van der Waals surface area contributed by atoms with E-state index in [9.17, 15) is 13.7 Å². The predicted molar refractivity (Wildman–Crippen MR) is 115 cm³/mol. The third kappa shape index (κ3) is 3.74. The van der Waals surface area contributed by atoms with Gasteiger partial charge >= 0.3 is 0 Å². The number of likely N-dealkylation sites (N-methyl/N-ethyl adjacent to an activating group) is 1. The molecule has 1 fully saturated rings. The second kappa shape index (κ2) is 8.38. The number of para-hydroxylation sites is 2. The normalized spacial score (nSPS) is 16.3. The number of hydrogen-bond donors (Lipinski definition) is 1. The predicted octanol–water partition coefficient (Wildman–Crippen LogP) is 1.39. The quantitative estimate of drug-likeness (QED) is 0.668. The maximum atomic E-state index is 13.3. The van der Waals surface area contributed by atoms with Crippen LogP contribution in [0.25, 0.3) is 11.0 Å². The molecule has 4 rings (SSSR count). The highest BCUT2D eigenvalue weighted by Gasteiger charge is 2.35. The summed E-state index contributed by atoms with van der Waals surface area (Å²) in [6, 6.07) is 17.4. The summed E-state index contributed by atoms with van der Waals surface area (Å²) in [4.78, 5) is 13.1. The Morgan fingerprint density at radius 3 is 2.23 bits per heavy atom. The third-order valence-corrected chi connectivity index (χ3v) is 7.47. The van der Waals surface area contributed by atoms with E-state index in [0.29, 0.717) is 16.9 Å². The highest BCUT2D eigenvalue weighted by Crippen LogP contribution is 2.33. The summed E-state index contributed by atoms with van der Waals surface area (Å²) in [5.74, 6) is 0.495. The molecule has 2 heterocycles. The van der Waals surface area contributed by atoms with E-state index in [1.807, 2.05) is 24.3 Å². The number of benzene rings is 2. The standard InChI is InChI=1S/C22H23N5O2S/c1-2-26-12-14-27(15-13-26)22-21(24-18-10-6-7-11-19(18)25-22)20(16-23)30(28,29)17-8-4-3-5-9-17/h3-11,20H,2,12-15H2,1H3/p+1/t20-/m0/s1. The molecule has 0 saturated carbocycles. The topological polar surface area (TPSA) is 91.4 Å². The van der Waals surface area contributed by atoms with E-state index in [1.54, 1.807) is 24.3 Å². The molecule has 0 radical (unpaired) electrons. The maximum absolute atomic E-state index is 13.3. The molecular weight excluding hydrogens is 398 g/mol. The summed E-state index contributed by atoms with van der Waals surface area (Å²) in [6.45, 7) is 6.57. The smallest absolute Gasteiger partial charge is 0.200 e. The number of nitrogens with one attached hydrogen (secondary N) is 1. The van der Waals surface area contributed by atoms with E-state index in [-0.39, 0.29) is 10.6 Å². The molecule has 0 aliphatic carbocycles. The molecule has 7 nitrogen and oxygen atoms in total. The number of nitrogens with zero attached hydrogens (tertiary/aromatic N) is 4. The van der Waals surface area contributed by atoms with Crippen molar-refractivity contribution < 1.29 is 13.3 Å². The van der Waals surface area contributed by atoms with Crippen LogP contribution in [-0.2, 0) is 9.84 Å². The van der Waals surface area contributed by atoms with Crippen LogP contribution in [0.3, 0.4) is 0 Å². The second-order valence-electron chi connectivity index (χ2n) is 7.38. The molecule has 30 heavy (non-hydrogen) atoms. The van der Waals surface area contributed by atoms with Gasteiger partial charge in [0.05, 0.1) is 54.7 Å². The summed E-state index contributed by atoms with van der Waals surface area (Å²) >= 11 is 0. The minimum atomic E-state index is -3.94. The number of sulfone groups is 1. The van der Waals surface area contributed by atoms with E-state index in [4.69, 9.17) is 4.98 Å². The Morgan fingerprint density at radius 1 is 1.03 bits per heavy atom. The first-order chi connectivity index (χ1) is 14.5. The van der Waals surface area contributed by atoms with Gasteiger partial charge in [-0.3, -0.25) is 0 Å². The van der Waals surface area contributed by atoms with Crippen LogP contribution < -0.4 is 9.80 Å². The van der Waals surface area contributed by atoms with Crippen molar-refractivity contribution in [1.29, 1.82) is 5.26 Å². The van der Waals surface area contributed by atoms with Crippen LogP contribution in [0.2, 0.25) is 0 Å². The van der Waals surface area contributed by atoms with Gasteiger partial charge in [-0.2, -0.15) is 5.26 Å². The van der Waals surface area contributed by atoms with Crippen molar-refractivity contribution >= 4 is 26.7 Å². The summed E-state index contributed by atoms with van der Waals surface area (Å²) in [7, 11) is -3.94. The van der Waals surface area contributed by atoms with E-state index < -0.39 is 15.1 Å². The fourth-order valence-corrected chi connectivity index (χ4v) is 5.22. The zero-order valence-electron chi connectivity index (χ0n) is 16.8. The molecule has 1 N–H and O–H groups in total. The van der Waals surface area contributed by atoms with Crippen molar-refractivity contribution in [3.05, 3.63) is 60.3 Å². The first kappa shape index (κ1) is 20.3. The monoisotopic (exact) mass is 422 g/mol. The van der Waals surface area contributed by atoms with Crippen molar-refractivity contribution in [3.8, 4) is 6.07 Å². The van der Waals surface area contributed by atoms with Gasteiger partial charge in [0.25, 0.3) is 0 Å². The number of anilines is 1. The fraction of sp³-hybridized carbons (Fsp3) is 0.318. The molecule has 0 unspecified atom stereocenters. The first-order valence-corrected chi connectivity index (χ1v) is 11.6. The molecule has 154 valence electrons. The van der Waals surface area contributed by atoms with Crippen LogP contribution in [0.1, 0.15) is 17.9 Å². The van der Waals surface area contributed by atoms with Crippen molar-refractivity contribution in [3.63, 3.8) is 0 Å². The lowest BCUT2D eigenvalue weighted by atomic mass is 10.2. The van der Waals surface area contributed by atoms with Crippen LogP contribution in [-0.4, -0.2) is 51.1 Å². The highest BCUT2D eigenvalue weighted by atomic mass is 32.2. The molecule has 1 atom stereocenters. The van der Waals surface area contributed by atoms with Gasteiger partial charge in [0.15, 0.2) is 11.1 Å². The maximum Gasteiger partial charge on any atom is 0.200 e. The Kier molecular flexibility index (Phi) is 5.66. The fourth-order valence-electron chi connectivity index (χ4n) is 3.83. The van der Waals surface area contributed by atoms with Crippen LogP contribution in [0.15, 0.2) is 59.5 Å². The first-order valence-electron chi connectivity index (χ1n) is 10.1. The molecule has 1 aliphatic heterocycles. The molecule has 2 aromatic carbocycles. The van der Waals surface area contributed by atoms with Gasteiger partial charge in [-0.05, 0) is 31.2 Å². The van der Waals surface area contributed by atoms with Gasteiger partial charge < -0.3 is 9.80 Å². The van der Waals surface area contributed by atoms with Crippen LogP contribution in [0.4, 0.5) is 5.82 Å². The Labute approximate surface area is 176 Å². The number of piperazine rings is 1. The van der Waals surface area contributed by atoms with Gasteiger partial charge in [0, 0.05) is 0 Å². The van der Waals surface area contributed by atoms with Gasteiger partial charge in [-0.15, -0.1) is 0 Å². The zero-order valence-corrected chi connectivity index (χ0v) is 17.6. The number of nitriles is 1. The summed E-state index contributed by atoms with van der Waals surface area (Å²) < 4.78 is 26.6. The average molecular weight is 423 g/mol. The summed E-state index contributed by atoms with van der Waals surface area (Å²) in [6.07, 6.45) is 0. The number of aromatic nitrogens is 2.